The van der Waals surface area contributed by atoms with Gasteiger partial charge in [0.15, 0.2) is 0 Å². The number of amides is 1. The van der Waals surface area contributed by atoms with Crippen LogP contribution in [0.15, 0.2) is 36.4 Å². The van der Waals surface area contributed by atoms with Crippen molar-refractivity contribution in [1.82, 2.24) is 0 Å². The second kappa shape index (κ2) is 7.15. The standard InChI is InChI=1S/C17H16ClNO4/c1-10-4-6-11(7-5-10)16(20)19-14-9-15(22-2)12(8-13(14)18)17(21)23-3/h4-9H,1-3H3,(H,19,20). The van der Waals surface area contributed by atoms with Crippen LogP contribution in [0.25, 0.3) is 0 Å². The Morgan fingerprint density at radius 3 is 2.30 bits per heavy atom. The van der Waals surface area contributed by atoms with Crippen molar-refractivity contribution < 1.29 is 19.1 Å². The van der Waals surface area contributed by atoms with Crippen LogP contribution in [0.3, 0.4) is 0 Å². The van der Waals surface area contributed by atoms with E-state index in [-0.39, 0.29) is 22.2 Å². The number of halogens is 1. The first-order chi connectivity index (χ1) is 11.0. The number of aryl methyl sites for hydroxylation is 1. The highest BCUT2D eigenvalue weighted by molar-refractivity contribution is 6.34. The van der Waals surface area contributed by atoms with Gasteiger partial charge in [-0.1, -0.05) is 29.3 Å². The molecule has 0 aliphatic rings. The number of anilines is 1. The molecular formula is C17H16ClNO4. The number of carbonyl (C=O) groups excluding carboxylic acids is 2. The molecule has 0 aliphatic carbocycles. The van der Waals surface area contributed by atoms with Crippen LogP contribution in [0.5, 0.6) is 5.75 Å². The number of ether oxygens (including phenoxy) is 2. The van der Waals surface area contributed by atoms with Crippen LogP contribution in [-0.4, -0.2) is 26.1 Å². The quantitative estimate of drug-likeness (QED) is 0.866. The molecule has 1 N–H and O–H groups in total. The summed E-state index contributed by atoms with van der Waals surface area (Å²) in [4.78, 5) is 23.9. The van der Waals surface area contributed by atoms with Crippen LogP contribution in [0.1, 0.15) is 26.3 Å². The molecule has 120 valence electrons. The summed E-state index contributed by atoms with van der Waals surface area (Å²) in [5.41, 5.74) is 2.10. The zero-order chi connectivity index (χ0) is 17.0. The molecule has 0 unspecified atom stereocenters. The molecule has 5 nitrogen and oxygen atoms in total. The molecule has 0 bridgehead atoms. The minimum Gasteiger partial charge on any atom is -0.496 e. The summed E-state index contributed by atoms with van der Waals surface area (Å²) in [6.07, 6.45) is 0. The fourth-order valence-electron chi connectivity index (χ4n) is 1.99. The van der Waals surface area contributed by atoms with E-state index in [1.54, 1.807) is 12.1 Å². The number of carbonyl (C=O) groups is 2. The fraction of sp³-hybridized carbons (Fsp3) is 0.176. The molecule has 1 amide bonds. The van der Waals surface area contributed by atoms with E-state index in [1.807, 2.05) is 19.1 Å². The monoisotopic (exact) mass is 333 g/mol. The molecule has 23 heavy (non-hydrogen) atoms. The molecule has 0 atom stereocenters. The Morgan fingerprint density at radius 1 is 1.09 bits per heavy atom. The van der Waals surface area contributed by atoms with Crippen molar-refractivity contribution in [2.75, 3.05) is 19.5 Å². The Bertz CT molecular complexity index is 741. The average molecular weight is 334 g/mol. The highest BCUT2D eigenvalue weighted by Gasteiger charge is 2.17. The molecule has 0 saturated carbocycles. The van der Waals surface area contributed by atoms with Crippen molar-refractivity contribution in [2.45, 2.75) is 6.92 Å². The number of methoxy groups -OCH3 is 2. The minimum atomic E-state index is -0.569. The predicted molar refractivity (Wildman–Crippen MR) is 88.5 cm³/mol. The number of nitrogens with one attached hydrogen (secondary N) is 1. The SMILES string of the molecule is COC(=O)c1cc(Cl)c(NC(=O)c2ccc(C)cc2)cc1OC. The van der Waals surface area contributed by atoms with E-state index in [0.29, 0.717) is 11.3 Å². The summed E-state index contributed by atoms with van der Waals surface area (Å²) < 4.78 is 9.83. The van der Waals surface area contributed by atoms with Gasteiger partial charge in [0.05, 0.1) is 24.9 Å². The van der Waals surface area contributed by atoms with Crippen LogP contribution in [0.2, 0.25) is 5.02 Å². The Balaban J connectivity index is 2.31. The van der Waals surface area contributed by atoms with Crippen LogP contribution in [0.4, 0.5) is 5.69 Å². The van der Waals surface area contributed by atoms with Gasteiger partial charge in [-0.3, -0.25) is 4.79 Å². The molecule has 0 aliphatic heterocycles. The third-order valence-electron chi connectivity index (χ3n) is 3.26. The van der Waals surface area contributed by atoms with Gasteiger partial charge in [0.25, 0.3) is 5.91 Å². The Morgan fingerprint density at radius 2 is 1.74 bits per heavy atom. The predicted octanol–water partition coefficient (Wildman–Crippen LogP) is 3.70. The zero-order valence-corrected chi connectivity index (χ0v) is 13.7. The number of esters is 1. The first kappa shape index (κ1) is 16.8. The lowest BCUT2D eigenvalue weighted by Crippen LogP contribution is -2.13. The molecule has 0 aromatic heterocycles. The number of hydrogen-bond donors (Lipinski definition) is 1. The molecule has 2 aromatic rings. The highest BCUT2D eigenvalue weighted by atomic mass is 35.5. The van der Waals surface area contributed by atoms with Crippen LogP contribution in [-0.2, 0) is 4.74 Å². The summed E-state index contributed by atoms with van der Waals surface area (Å²) in [6, 6.07) is 10.0. The van der Waals surface area contributed by atoms with Crippen molar-refractivity contribution in [1.29, 1.82) is 0 Å². The molecule has 2 aromatic carbocycles. The van der Waals surface area contributed by atoms with E-state index in [2.05, 4.69) is 10.1 Å². The van der Waals surface area contributed by atoms with E-state index in [1.165, 1.54) is 26.4 Å². The van der Waals surface area contributed by atoms with Gasteiger partial charge in [-0.2, -0.15) is 0 Å². The van der Waals surface area contributed by atoms with Crippen molar-refractivity contribution >= 4 is 29.2 Å². The molecule has 0 spiro atoms. The summed E-state index contributed by atoms with van der Waals surface area (Å²) in [5, 5.41) is 2.92. The molecule has 2 rings (SSSR count). The lowest BCUT2D eigenvalue weighted by atomic mass is 10.1. The number of hydrogen-bond acceptors (Lipinski definition) is 4. The maximum absolute atomic E-state index is 12.3. The van der Waals surface area contributed by atoms with E-state index < -0.39 is 5.97 Å². The maximum Gasteiger partial charge on any atom is 0.341 e. The van der Waals surface area contributed by atoms with Crippen LogP contribution >= 0.6 is 11.6 Å². The zero-order valence-electron chi connectivity index (χ0n) is 13.0. The summed E-state index contributed by atoms with van der Waals surface area (Å²) >= 11 is 6.14. The van der Waals surface area contributed by atoms with Crippen molar-refractivity contribution in [2.24, 2.45) is 0 Å². The second-order valence-corrected chi connectivity index (χ2v) is 5.25. The lowest BCUT2D eigenvalue weighted by Gasteiger charge is -2.12. The molecule has 0 saturated heterocycles. The van der Waals surface area contributed by atoms with Crippen molar-refractivity contribution in [3.05, 3.63) is 58.1 Å². The first-order valence-corrected chi connectivity index (χ1v) is 7.18. The molecule has 6 heteroatoms. The van der Waals surface area contributed by atoms with Gasteiger partial charge in [-0.15, -0.1) is 0 Å². The van der Waals surface area contributed by atoms with Gasteiger partial charge < -0.3 is 14.8 Å². The third kappa shape index (κ3) is 3.81. The Kier molecular flexibility index (Phi) is 5.24. The van der Waals surface area contributed by atoms with Gasteiger partial charge in [0.2, 0.25) is 0 Å². The van der Waals surface area contributed by atoms with Gasteiger partial charge >= 0.3 is 5.97 Å². The Hall–Kier alpha value is -2.53. The topological polar surface area (TPSA) is 64.6 Å². The first-order valence-electron chi connectivity index (χ1n) is 6.80. The minimum absolute atomic E-state index is 0.188. The smallest absolute Gasteiger partial charge is 0.341 e. The summed E-state index contributed by atoms with van der Waals surface area (Å²) in [7, 11) is 2.68. The van der Waals surface area contributed by atoms with E-state index in [0.717, 1.165) is 5.56 Å². The summed E-state index contributed by atoms with van der Waals surface area (Å²) in [5.74, 6) is -0.611. The highest BCUT2D eigenvalue weighted by Crippen LogP contribution is 2.31. The molecule has 0 heterocycles. The molecule has 0 fully saturated rings. The van der Waals surface area contributed by atoms with Gasteiger partial charge in [-0.05, 0) is 25.1 Å². The van der Waals surface area contributed by atoms with E-state index in [9.17, 15) is 9.59 Å². The van der Waals surface area contributed by atoms with Crippen LogP contribution < -0.4 is 10.1 Å². The average Bonchev–Trinajstić information content (AvgIpc) is 2.56. The van der Waals surface area contributed by atoms with Gasteiger partial charge in [0, 0.05) is 11.6 Å². The normalized spacial score (nSPS) is 10.1. The van der Waals surface area contributed by atoms with E-state index in [4.69, 9.17) is 16.3 Å². The van der Waals surface area contributed by atoms with Crippen LogP contribution in [0, 0.1) is 6.92 Å². The van der Waals surface area contributed by atoms with Crippen molar-refractivity contribution in [3.8, 4) is 5.75 Å². The largest absolute Gasteiger partial charge is 0.496 e. The third-order valence-corrected chi connectivity index (χ3v) is 3.57. The fourth-order valence-corrected chi connectivity index (χ4v) is 2.20. The lowest BCUT2D eigenvalue weighted by molar-refractivity contribution is 0.0597. The number of rotatable bonds is 4. The Labute approximate surface area is 139 Å². The molecular weight excluding hydrogens is 318 g/mol. The second-order valence-electron chi connectivity index (χ2n) is 4.84. The maximum atomic E-state index is 12.3. The summed E-state index contributed by atoms with van der Waals surface area (Å²) in [6.45, 7) is 1.94. The van der Waals surface area contributed by atoms with Gasteiger partial charge in [0.1, 0.15) is 11.3 Å². The van der Waals surface area contributed by atoms with E-state index >= 15 is 0 Å². The van der Waals surface area contributed by atoms with Crippen molar-refractivity contribution in [3.63, 3.8) is 0 Å². The number of benzene rings is 2. The van der Waals surface area contributed by atoms with Gasteiger partial charge in [-0.25, -0.2) is 4.79 Å². The molecule has 0 radical (unpaired) electrons.